The highest BCUT2D eigenvalue weighted by Gasteiger charge is 2.40. The predicted octanol–water partition coefficient (Wildman–Crippen LogP) is 1.55. The van der Waals surface area contributed by atoms with E-state index in [2.05, 4.69) is 0 Å². The van der Waals surface area contributed by atoms with Crippen LogP contribution in [0.1, 0.15) is 34.8 Å². The van der Waals surface area contributed by atoms with Gasteiger partial charge in [0.15, 0.2) is 0 Å². The molecule has 1 aromatic carbocycles. The molecule has 0 bridgehead atoms. The summed E-state index contributed by atoms with van der Waals surface area (Å²) in [6.07, 6.45) is 0.929. The molecule has 0 N–H and O–H groups in total. The van der Waals surface area contributed by atoms with E-state index in [-0.39, 0.29) is 17.7 Å². The van der Waals surface area contributed by atoms with Crippen molar-refractivity contribution >= 4 is 11.7 Å². The minimum absolute atomic E-state index is 0.0244. The fourth-order valence-corrected chi connectivity index (χ4v) is 2.64. The third-order valence-electron chi connectivity index (χ3n) is 3.54. The lowest BCUT2D eigenvalue weighted by atomic mass is 9.96. The van der Waals surface area contributed by atoms with Gasteiger partial charge >= 0.3 is 0 Å². The van der Waals surface area contributed by atoms with Gasteiger partial charge in [0.1, 0.15) is 11.5 Å². The van der Waals surface area contributed by atoms with Gasteiger partial charge in [0.05, 0.1) is 13.2 Å². The van der Waals surface area contributed by atoms with Crippen LogP contribution < -0.4 is 4.74 Å². The molecule has 3 rings (SSSR count). The van der Waals surface area contributed by atoms with Crippen LogP contribution in [-0.2, 0) is 4.79 Å². The second kappa shape index (κ2) is 3.58. The first-order chi connectivity index (χ1) is 8.20. The molecule has 4 nitrogen and oxygen atoms in total. The highest BCUT2D eigenvalue weighted by molar-refractivity contribution is 6.01. The van der Waals surface area contributed by atoms with Crippen LogP contribution in [0.2, 0.25) is 0 Å². The number of carbonyl (C=O) groups excluding carboxylic acids is 2. The van der Waals surface area contributed by atoms with E-state index in [1.807, 2.05) is 12.1 Å². The van der Waals surface area contributed by atoms with Gasteiger partial charge in [-0.3, -0.25) is 9.59 Å². The summed E-state index contributed by atoms with van der Waals surface area (Å²) < 4.78 is 5.12. The number of methoxy groups -OCH3 is 1. The zero-order valence-electron chi connectivity index (χ0n) is 9.60. The van der Waals surface area contributed by atoms with Crippen molar-refractivity contribution in [2.24, 2.45) is 0 Å². The maximum absolute atomic E-state index is 12.2. The number of piperidine rings is 1. The Morgan fingerprint density at radius 2 is 2.18 bits per heavy atom. The Hall–Kier alpha value is -1.84. The number of nitrogens with zero attached hydrogens (tertiary/aromatic N) is 1. The van der Waals surface area contributed by atoms with E-state index in [0.717, 1.165) is 5.56 Å². The Kier molecular flexibility index (Phi) is 2.18. The summed E-state index contributed by atoms with van der Waals surface area (Å²) in [6, 6.07) is 5.45. The van der Waals surface area contributed by atoms with E-state index < -0.39 is 0 Å². The number of ketones is 1. The van der Waals surface area contributed by atoms with Crippen LogP contribution in [0, 0.1) is 0 Å². The summed E-state index contributed by atoms with van der Waals surface area (Å²) in [5.74, 6) is 0.947. The minimum Gasteiger partial charge on any atom is -0.497 e. The first-order valence-corrected chi connectivity index (χ1v) is 5.71. The second-order valence-corrected chi connectivity index (χ2v) is 4.46. The molecule has 0 spiro atoms. The van der Waals surface area contributed by atoms with Crippen LogP contribution in [0.25, 0.3) is 0 Å². The molecular weight excluding hydrogens is 218 g/mol. The fourth-order valence-electron chi connectivity index (χ4n) is 2.64. The van der Waals surface area contributed by atoms with E-state index >= 15 is 0 Å². The average Bonchev–Trinajstić information content (AvgIpc) is 2.62. The van der Waals surface area contributed by atoms with Gasteiger partial charge in [-0.2, -0.15) is 0 Å². The van der Waals surface area contributed by atoms with Crippen LogP contribution >= 0.6 is 0 Å². The molecule has 1 unspecified atom stereocenters. The van der Waals surface area contributed by atoms with Crippen molar-refractivity contribution in [1.82, 2.24) is 4.90 Å². The van der Waals surface area contributed by atoms with Crippen LogP contribution in [0.4, 0.5) is 0 Å². The molecule has 1 saturated heterocycles. The van der Waals surface area contributed by atoms with Gasteiger partial charge in [0.25, 0.3) is 5.91 Å². The molecule has 1 atom stereocenters. The summed E-state index contributed by atoms with van der Waals surface area (Å²) in [6.45, 7) is 0.541. The van der Waals surface area contributed by atoms with Crippen LogP contribution in [-0.4, -0.2) is 30.2 Å². The molecule has 2 aliphatic rings. The molecule has 4 heteroatoms. The van der Waals surface area contributed by atoms with Gasteiger partial charge in [0.2, 0.25) is 0 Å². The van der Waals surface area contributed by atoms with Crippen molar-refractivity contribution in [3.63, 3.8) is 0 Å². The summed E-state index contributed by atoms with van der Waals surface area (Å²) in [7, 11) is 1.58. The van der Waals surface area contributed by atoms with Crippen molar-refractivity contribution < 1.29 is 14.3 Å². The number of benzene rings is 1. The Labute approximate surface area is 99.2 Å². The zero-order chi connectivity index (χ0) is 12.0. The molecule has 17 heavy (non-hydrogen) atoms. The number of Topliss-reactive ketones (excluding diaryl/α,β-unsaturated/α-hetero) is 1. The van der Waals surface area contributed by atoms with Gasteiger partial charge in [-0.1, -0.05) is 6.07 Å². The molecule has 0 aliphatic carbocycles. The first kappa shape index (κ1) is 10.3. The molecule has 0 aromatic heterocycles. The lowest BCUT2D eigenvalue weighted by Gasteiger charge is -2.29. The number of carbonyl (C=O) groups is 2. The van der Waals surface area contributed by atoms with E-state index in [4.69, 9.17) is 4.74 Å². The van der Waals surface area contributed by atoms with E-state index in [0.29, 0.717) is 30.7 Å². The summed E-state index contributed by atoms with van der Waals surface area (Å²) in [5, 5.41) is 0. The predicted molar refractivity (Wildman–Crippen MR) is 61.0 cm³/mol. The Bertz CT molecular complexity index is 509. The summed E-state index contributed by atoms with van der Waals surface area (Å²) in [5.41, 5.74) is 1.65. The molecule has 1 aromatic rings. The van der Waals surface area contributed by atoms with Gasteiger partial charge < -0.3 is 9.64 Å². The van der Waals surface area contributed by atoms with Crippen molar-refractivity contribution in [2.45, 2.75) is 18.9 Å². The van der Waals surface area contributed by atoms with Crippen molar-refractivity contribution in [3.8, 4) is 5.75 Å². The lowest BCUT2D eigenvalue weighted by molar-refractivity contribution is -0.122. The summed E-state index contributed by atoms with van der Waals surface area (Å²) >= 11 is 0. The van der Waals surface area contributed by atoms with Crippen molar-refractivity contribution in [1.29, 1.82) is 0 Å². The molecule has 88 valence electrons. The van der Waals surface area contributed by atoms with Gasteiger partial charge in [-0.15, -0.1) is 0 Å². The van der Waals surface area contributed by atoms with E-state index in [1.165, 1.54) is 0 Å². The van der Waals surface area contributed by atoms with E-state index in [1.54, 1.807) is 18.1 Å². The molecule has 2 heterocycles. The van der Waals surface area contributed by atoms with Crippen LogP contribution in [0.15, 0.2) is 18.2 Å². The normalized spacial score (nSPS) is 22.4. The molecule has 0 radical (unpaired) electrons. The van der Waals surface area contributed by atoms with Gasteiger partial charge in [-0.25, -0.2) is 0 Å². The molecule has 2 aliphatic heterocycles. The number of rotatable bonds is 1. The minimum atomic E-state index is -0.0512. The largest absolute Gasteiger partial charge is 0.497 e. The monoisotopic (exact) mass is 231 g/mol. The van der Waals surface area contributed by atoms with Crippen LogP contribution in [0.3, 0.4) is 0 Å². The average molecular weight is 231 g/mol. The smallest absolute Gasteiger partial charge is 0.254 e. The first-order valence-electron chi connectivity index (χ1n) is 5.71. The zero-order valence-corrected chi connectivity index (χ0v) is 9.60. The maximum Gasteiger partial charge on any atom is 0.254 e. The number of fused-ring (bicyclic) bond motifs is 3. The molecular formula is C13H13NO3. The molecule has 1 fully saturated rings. The Morgan fingerprint density at radius 1 is 1.35 bits per heavy atom. The van der Waals surface area contributed by atoms with Crippen LogP contribution in [0.5, 0.6) is 5.75 Å². The Balaban J connectivity index is 2.06. The van der Waals surface area contributed by atoms with Gasteiger partial charge in [-0.05, 0) is 17.7 Å². The second-order valence-electron chi connectivity index (χ2n) is 4.46. The highest BCUT2D eigenvalue weighted by atomic mass is 16.5. The van der Waals surface area contributed by atoms with Crippen molar-refractivity contribution in [2.75, 3.05) is 13.7 Å². The maximum atomic E-state index is 12.2. The topological polar surface area (TPSA) is 46.6 Å². The standard InChI is InChI=1S/C13H13NO3/c1-17-9-2-3-10-11(7-9)13(16)14-5-4-8(15)6-12(10)14/h2-3,7,12H,4-6H2,1H3. The number of amides is 1. The SMILES string of the molecule is COc1ccc2c(c1)C(=O)N1CCC(=O)CC21. The van der Waals surface area contributed by atoms with Gasteiger partial charge in [0, 0.05) is 24.9 Å². The molecule has 1 amide bonds. The van der Waals surface area contributed by atoms with Crippen molar-refractivity contribution in [3.05, 3.63) is 29.3 Å². The molecule has 0 saturated carbocycles. The lowest BCUT2D eigenvalue weighted by Crippen LogP contribution is -2.35. The fraction of sp³-hybridized carbons (Fsp3) is 0.385. The number of hydrogen-bond donors (Lipinski definition) is 0. The number of hydrogen-bond acceptors (Lipinski definition) is 3. The Morgan fingerprint density at radius 3 is 2.94 bits per heavy atom. The highest BCUT2D eigenvalue weighted by Crippen LogP contribution is 2.39. The third-order valence-corrected chi connectivity index (χ3v) is 3.54. The summed E-state index contributed by atoms with van der Waals surface area (Å²) in [4.78, 5) is 25.4. The quantitative estimate of drug-likeness (QED) is 0.736. The third kappa shape index (κ3) is 1.44. The number of ether oxygens (including phenoxy) is 1. The van der Waals surface area contributed by atoms with E-state index in [9.17, 15) is 9.59 Å².